The molecule has 1 atom stereocenters. The number of carbonyl (C=O) groups is 1. The predicted octanol–water partition coefficient (Wildman–Crippen LogP) is 1.66. The Kier molecular flexibility index (Phi) is 1.65. The van der Waals surface area contributed by atoms with Gasteiger partial charge in [-0.2, -0.15) is 0 Å². The second-order valence-corrected chi connectivity index (χ2v) is 4.12. The van der Waals surface area contributed by atoms with E-state index in [4.69, 9.17) is 0 Å². The molecule has 70 valence electrons. The number of hydrogen-bond acceptors (Lipinski definition) is 3. The van der Waals surface area contributed by atoms with Gasteiger partial charge in [0.2, 0.25) is 5.91 Å². The van der Waals surface area contributed by atoms with Crippen molar-refractivity contribution in [1.29, 1.82) is 0 Å². The highest BCUT2D eigenvalue weighted by molar-refractivity contribution is 5.94. The second kappa shape index (κ2) is 2.58. The lowest BCUT2D eigenvalue weighted by atomic mass is 10.1. The van der Waals surface area contributed by atoms with E-state index in [2.05, 4.69) is 28.8 Å². The van der Waals surface area contributed by atoms with Gasteiger partial charge in [-0.25, -0.2) is 0 Å². The zero-order chi connectivity index (χ0) is 9.47. The number of amides is 1. The van der Waals surface area contributed by atoms with Gasteiger partial charge in [-0.15, -0.1) is 0 Å². The maximum Gasteiger partial charge on any atom is 0.229 e. The van der Waals surface area contributed by atoms with Crippen LogP contribution in [-0.2, 0) is 4.79 Å². The zero-order valence-electron chi connectivity index (χ0n) is 7.70. The van der Waals surface area contributed by atoms with Crippen molar-refractivity contribution in [2.24, 2.45) is 11.3 Å². The van der Waals surface area contributed by atoms with E-state index in [0.29, 0.717) is 5.82 Å². The Morgan fingerprint density at radius 3 is 2.92 bits per heavy atom. The second-order valence-electron chi connectivity index (χ2n) is 4.12. The van der Waals surface area contributed by atoms with E-state index < -0.39 is 0 Å². The van der Waals surface area contributed by atoms with Crippen molar-refractivity contribution in [3.63, 3.8) is 0 Å². The van der Waals surface area contributed by atoms with Crippen LogP contribution in [0.15, 0.2) is 16.9 Å². The Morgan fingerprint density at radius 2 is 2.46 bits per heavy atom. The van der Waals surface area contributed by atoms with Crippen LogP contribution in [0, 0.1) is 11.3 Å². The summed E-state index contributed by atoms with van der Waals surface area (Å²) >= 11 is 0. The first-order valence-corrected chi connectivity index (χ1v) is 4.31. The SMILES string of the molecule is CC1(C)CC1C(=O)Nc1ccon1. The Hall–Kier alpha value is -1.32. The van der Waals surface area contributed by atoms with E-state index in [1.165, 1.54) is 6.26 Å². The lowest BCUT2D eigenvalue weighted by Gasteiger charge is -2.02. The maximum absolute atomic E-state index is 11.5. The molecule has 0 spiro atoms. The van der Waals surface area contributed by atoms with Gasteiger partial charge in [0.15, 0.2) is 5.82 Å². The summed E-state index contributed by atoms with van der Waals surface area (Å²) in [5.74, 6) is 0.663. The summed E-state index contributed by atoms with van der Waals surface area (Å²) in [4.78, 5) is 11.5. The summed E-state index contributed by atoms with van der Waals surface area (Å²) < 4.78 is 4.60. The molecule has 1 saturated carbocycles. The number of nitrogens with one attached hydrogen (secondary N) is 1. The normalized spacial score (nSPS) is 24.0. The fourth-order valence-corrected chi connectivity index (χ4v) is 1.41. The van der Waals surface area contributed by atoms with Crippen LogP contribution in [0.2, 0.25) is 0 Å². The van der Waals surface area contributed by atoms with Crippen molar-refractivity contribution in [1.82, 2.24) is 5.16 Å². The molecule has 13 heavy (non-hydrogen) atoms. The average Bonchev–Trinajstić information content (AvgIpc) is 2.49. The molecule has 1 fully saturated rings. The van der Waals surface area contributed by atoms with Crippen molar-refractivity contribution in [2.75, 3.05) is 5.32 Å². The van der Waals surface area contributed by atoms with Gasteiger partial charge in [0.1, 0.15) is 6.26 Å². The Morgan fingerprint density at radius 1 is 1.77 bits per heavy atom. The van der Waals surface area contributed by atoms with Gasteiger partial charge in [0.25, 0.3) is 0 Å². The molecule has 0 aromatic carbocycles. The van der Waals surface area contributed by atoms with Gasteiger partial charge in [-0.3, -0.25) is 4.79 Å². The van der Waals surface area contributed by atoms with Crippen molar-refractivity contribution in [3.05, 3.63) is 12.3 Å². The van der Waals surface area contributed by atoms with Crippen LogP contribution in [0.5, 0.6) is 0 Å². The Bertz CT molecular complexity index is 316. The minimum atomic E-state index is 0.0406. The highest BCUT2D eigenvalue weighted by Gasteiger charge is 2.50. The minimum Gasteiger partial charge on any atom is -0.363 e. The minimum absolute atomic E-state index is 0.0406. The summed E-state index contributed by atoms with van der Waals surface area (Å²) in [5, 5.41) is 6.30. The summed E-state index contributed by atoms with van der Waals surface area (Å²) in [5.41, 5.74) is 0.161. The van der Waals surface area contributed by atoms with Crippen LogP contribution in [0.3, 0.4) is 0 Å². The third-order valence-corrected chi connectivity index (χ3v) is 2.52. The average molecular weight is 180 g/mol. The molecule has 1 aliphatic rings. The summed E-state index contributed by atoms with van der Waals surface area (Å²) in [6, 6.07) is 1.63. The third-order valence-electron chi connectivity index (χ3n) is 2.52. The molecule has 2 rings (SSSR count). The molecule has 1 aromatic rings. The topological polar surface area (TPSA) is 55.1 Å². The van der Waals surface area contributed by atoms with Crippen LogP contribution in [0.25, 0.3) is 0 Å². The molecule has 0 aliphatic heterocycles. The molecule has 1 heterocycles. The molecule has 4 heteroatoms. The molecular formula is C9H12N2O2. The van der Waals surface area contributed by atoms with Gasteiger partial charge in [-0.05, 0) is 11.8 Å². The lowest BCUT2D eigenvalue weighted by molar-refractivity contribution is -0.118. The van der Waals surface area contributed by atoms with Gasteiger partial charge in [0.05, 0.1) is 0 Å². The lowest BCUT2D eigenvalue weighted by Crippen LogP contribution is -2.16. The largest absolute Gasteiger partial charge is 0.363 e. The Labute approximate surface area is 76.3 Å². The smallest absolute Gasteiger partial charge is 0.229 e. The van der Waals surface area contributed by atoms with Crippen LogP contribution >= 0.6 is 0 Å². The van der Waals surface area contributed by atoms with Crippen molar-refractivity contribution in [2.45, 2.75) is 20.3 Å². The first-order chi connectivity index (χ1) is 6.09. The van der Waals surface area contributed by atoms with Crippen molar-refractivity contribution in [3.8, 4) is 0 Å². The number of nitrogens with zero attached hydrogens (tertiary/aromatic N) is 1. The molecule has 1 N–H and O–H groups in total. The van der Waals surface area contributed by atoms with Crippen LogP contribution in [0.1, 0.15) is 20.3 Å². The number of hydrogen-bond donors (Lipinski definition) is 1. The standard InChI is InChI=1S/C9H12N2O2/c1-9(2)5-6(9)8(12)10-7-3-4-13-11-7/h3-4,6H,5H2,1-2H3,(H,10,11,12). The van der Waals surface area contributed by atoms with Gasteiger partial charge < -0.3 is 9.84 Å². The Balaban J connectivity index is 1.94. The number of rotatable bonds is 2. The summed E-state index contributed by atoms with van der Waals surface area (Å²) in [6.07, 6.45) is 2.39. The van der Waals surface area contributed by atoms with Crippen LogP contribution in [0.4, 0.5) is 5.82 Å². The fraction of sp³-hybridized carbons (Fsp3) is 0.556. The van der Waals surface area contributed by atoms with Gasteiger partial charge in [-0.1, -0.05) is 19.0 Å². The van der Waals surface area contributed by atoms with Gasteiger partial charge >= 0.3 is 0 Å². The van der Waals surface area contributed by atoms with E-state index in [0.717, 1.165) is 6.42 Å². The van der Waals surface area contributed by atoms with Crippen LogP contribution in [-0.4, -0.2) is 11.1 Å². The monoisotopic (exact) mass is 180 g/mol. The number of aromatic nitrogens is 1. The molecular weight excluding hydrogens is 168 g/mol. The highest BCUT2D eigenvalue weighted by Crippen LogP contribution is 2.51. The first-order valence-electron chi connectivity index (χ1n) is 4.31. The summed E-state index contributed by atoms with van der Waals surface area (Å²) in [7, 11) is 0. The number of carbonyl (C=O) groups excluding carboxylic acids is 1. The molecule has 1 aliphatic carbocycles. The molecule has 1 amide bonds. The van der Waals surface area contributed by atoms with Crippen molar-refractivity contribution >= 4 is 11.7 Å². The fourth-order valence-electron chi connectivity index (χ4n) is 1.41. The van der Waals surface area contributed by atoms with E-state index in [1.807, 2.05) is 0 Å². The number of anilines is 1. The van der Waals surface area contributed by atoms with Crippen molar-refractivity contribution < 1.29 is 9.32 Å². The van der Waals surface area contributed by atoms with E-state index in [-0.39, 0.29) is 17.2 Å². The van der Waals surface area contributed by atoms with E-state index in [1.54, 1.807) is 6.07 Å². The zero-order valence-corrected chi connectivity index (χ0v) is 7.70. The third kappa shape index (κ3) is 1.56. The highest BCUT2D eigenvalue weighted by atomic mass is 16.5. The van der Waals surface area contributed by atoms with E-state index in [9.17, 15) is 4.79 Å². The van der Waals surface area contributed by atoms with E-state index >= 15 is 0 Å². The molecule has 0 bridgehead atoms. The molecule has 0 radical (unpaired) electrons. The summed E-state index contributed by atoms with van der Waals surface area (Å²) in [6.45, 7) is 4.17. The molecule has 0 saturated heterocycles. The quantitative estimate of drug-likeness (QED) is 0.753. The first kappa shape index (κ1) is 8.29. The maximum atomic E-state index is 11.5. The molecule has 1 aromatic heterocycles. The molecule has 4 nitrogen and oxygen atoms in total. The van der Waals surface area contributed by atoms with Gasteiger partial charge in [0, 0.05) is 12.0 Å². The molecule has 1 unspecified atom stereocenters. The predicted molar refractivity (Wildman–Crippen MR) is 47.0 cm³/mol. The van der Waals surface area contributed by atoms with Crippen LogP contribution < -0.4 is 5.32 Å².